The Hall–Kier alpha value is -1.55. The quantitative estimate of drug-likeness (QED) is 0.836. The van der Waals surface area contributed by atoms with Crippen molar-refractivity contribution in [3.63, 3.8) is 0 Å². The van der Waals surface area contributed by atoms with Gasteiger partial charge in [0.2, 0.25) is 0 Å². The first-order chi connectivity index (χ1) is 7.79. The van der Waals surface area contributed by atoms with Gasteiger partial charge in [-0.15, -0.1) is 0 Å². The molecular formula is C13H20N2O2. The van der Waals surface area contributed by atoms with E-state index in [1.54, 1.807) is 31.0 Å². The number of aryl methyl sites for hydroxylation is 1. The van der Waals surface area contributed by atoms with Crippen LogP contribution in [0, 0.1) is 6.92 Å². The van der Waals surface area contributed by atoms with Gasteiger partial charge in [0.25, 0.3) is 5.91 Å². The van der Waals surface area contributed by atoms with Crippen LogP contribution in [0.1, 0.15) is 29.8 Å². The molecule has 0 radical (unpaired) electrons. The lowest BCUT2D eigenvalue weighted by atomic mass is 10.0. The summed E-state index contributed by atoms with van der Waals surface area (Å²) in [5.41, 5.74) is 6.51. The molecule has 1 aromatic carbocycles. The molecule has 0 atom stereocenters. The predicted molar refractivity (Wildman–Crippen MR) is 68.1 cm³/mol. The smallest absolute Gasteiger partial charge is 0.254 e. The van der Waals surface area contributed by atoms with Crippen LogP contribution in [0.25, 0.3) is 0 Å². The number of nitrogens with zero attached hydrogens (tertiary/aromatic N) is 1. The SMILES string of the molecule is Cc1cc(C(=O)N(C)C(C)(C)CN)ccc1O. The Labute approximate surface area is 102 Å². The topological polar surface area (TPSA) is 66.6 Å². The van der Waals surface area contributed by atoms with Gasteiger partial charge >= 0.3 is 0 Å². The van der Waals surface area contributed by atoms with E-state index in [-0.39, 0.29) is 17.2 Å². The first kappa shape index (κ1) is 13.5. The summed E-state index contributed by atoms with van der Waals surface area (Å²) in [4.78, 5) is 13.8. The number of aromatic hydroxyl groups is 1. The maximum atomic E-state index is 12.2. The number of hydrogen-bond donors (Lipinski definition) is 2. The highest BCUT2D eigenvalue weighted by molar-refractivity contribution is 5.94. The molecule has 1 amide bonds. The van der Waals surface area contributed by atoms with Crippen LogP contribution in [0.5, 0.6) is 5.75 Å². The van der Waals surface area contributed by atoms with Gasteiger partial charge < -0.3 is 15.7 Å². The molecule has 3 N–H and O–H groups in total. The minimum Gasteiger partial charge on any atom is -0.508 e. The molecule has 1 rings (SSSR count). The molecule has 1 aromatic rings. The maximum absolute atomic E-state index is 12.2. The van der Waals surface area contributed by atoms with Gasteiger partial charge in [-0.2, -0.15) is 0 Å². The van der Waals surface area contributed by atoms with E-state index in [9.17, 15) is 9.90 Å². The van der Waals surface area contributed by atoms with Gasteiger partial charge in [-0.1, -0.05) is 0 Å². The standard InChI is InChI=1S/C13H20N2O2/c1-9-7-10(5-6-11(9)16)12(17)15(4)13(2,3)8-14/h5-7,16H,8,14H2,1-4H3. The van der Waals surface area contributed by atoms with E-state index in [0.29, 0.717) is 17.7 Å². The highest BCUT2D eigenvalue weighted by Crippen LogP contribution is 2.20. The highest BCUT2D eigenvalue weighted by atomic mass is 16.3. The fourth-order valence-electron chi connectivity index (χ4n) is 1.39. The van der Waals surface area contributed by atoms with E-state index in [1.807, 2.05) is 13.8 Å². The second kappa shape index (κ2) is 4.75. The lowest BCUT2D eigenvalue weighted by molar-refractivity contribution is 0.0640. The van der Waals surface area contributed by atoms with Crippen LogP contribution in [0.4, 0.5) is 0 Å². The molecule has 4 nitrogen and oxygen atoms in total. The number of carbonyl (C=O) groups excluding carboxylic acids is 1. The maximum Gasteiger partial charge on any atom is 0.254 e. The molecule has 0 aliphatic rings. The largest absolute Gasteiger partial charge is 0.508 e. The average Bonchev–Trinajstić information content (AvgIpc) is 2.30. The number of benzene rings is 1. The summed E-state index contributed by atoms with van der Waals surface area (Å²) >= 11 is 0. The van der Waals surface area contributed by atoms with Gasteiger partial charge in [0.1, 0.15) is 5.75 Å². The number of rotatable bonds is 3. The molecule has 0 spiro atoms. The first-order valence-corrected chi connectivity index (χ1v) is 5.57. The number of carbonyl (C=O) groups is 1. The Morgan fingerprint density at radius 3 is 2.53 bits per heavy atom. The van der Waals surface area contributed by atoms with E-state index < -0.39 is 0 Å². The minimum absolute atomic E-state index is 0.0939. The molecule has 0 bridgehead atoms. The van der Waals surface area contributed by atoms with Crippen molar-refractivity contribution in [2.24, 2.45) is 5.73 Å². The lowest BCUT2D eigenvalue weighted by Gasteiger charge is -2.34. The summed E-state index contributed by atoms with van der Waals surface area (Å²) in [6.07, 6.45) is 0. The predicted octanol–water partition coefficient (Wildman–Crippen LogP) is 1.51. The fourth-order valence-corrected chi connectivity index (χ4v) is 1.39. The molecule has 0 aromatic heterocycles. The van der Waals surface area contributed by atoms with E-state index in [2.05, 4.69) is 0 Å². The molecule has 0 aliphatic carbocycles. The van der Waals surface area contributed by atoms with Gasteiger partial charge in [0.05, 0.1) is 0 Å². The van der Waals surface area contributed by atoms with Gasteiger partial charge in [0.15, 0.2) is 0 Å². The van der Waals surface area contributed by atoms with E-state index in [0.717, 1.165) is 0 Å². The summed E-state index contributed by atoms with van der Waals surface area (Å²) in [5, 5.41) is 9.43. The summed E-state index contributed by atoms with van der Waals surface area (Å²) < 4.78 is 0. The first-order valence-electron chi connectivity index (χ1n) is 5.57. The van der Waals surface area contributed by atoms with Crippen molar-refractivity contribution >= 4 is 5.91 Å². The molecule has 0 heterocycles. The van der Waals surface area contributed by atoms with Crippen LogP contribution in [0.2, 0.25) is 0 Å². The Bertz CT molecular complexity index is 427. The molecule has 0 aliphatic heterocycles. The zero-order valence-electron chi connectivity index (χ0n) is 10.8. The van der Waals surface area contributed by atoms with Crippen molar-refractivity contribution in [3.05, 3.63) is 29.3 Å². The second-order valence-corrected chi connectivity index (χ2v) is 4.88. The van der Waals surface area contributed by atoms with Crippen molar-refractivity contribution in [2.45, 2.75) is 26.3 Å². The third-order valence-electron chi connectivity index (χ3n) is 3.16. The highest BCUT2D eigenvalue weighted by Gasteiger charge is 2.26. The van der Waals surface area contributed by atoms with Crippen molar-refractivity contribution in [1.29, 1.82) is 0 Å². The zero-order valence-corrected chi connectivity index (χ0v) is 10.8. The monoisotopic (exact) mass is 236 g/mol. The number of likely N-dealkylation sites (N-methyl/N-ethyl adjacent to an activating group) is 1. The van der Waals surface area contributed by atoms with Gasteiger partial charge in [-0.05, 0) is 44.5 Å². The molecular weight excluding hydrogens is 216 g/mol. The third-order valence-corrected chi connectivity index (χ3v) is 3.16. The van der Waals surface area contributed by atoms with Crippen molar-refractivity contribution in [3.8, 4) is 5.75 Å². The Balaban J connectivity index is 3.01. The van der Waals surface area contributed by atoms with E-state index in [4.69, 9.17) is 5.73 Å². The minimum atomic E-state index is -0.386. The third kappa shape index (κ3) is 2.77. The molecule has 4 heteroatoms. The van der Waals surface area contributed by atoms with Gasteiger partial charge in [0, 0.05) is 24.7 Å². The van der Waals surface area contributed by atoms with Crippen LogP contribution in [-0.2, 0) is 0 Å². The normalized spacial score (nSPS) is 11.4. The summed E-state index contributed by atoms with van der Waals surface area (Å²) in [6, 6.07) is 4.83. The van der Waals surface area contributed by atoms with Crippen LogP contribution < -0.4 is 5.73 Å². The van der Waals surface area contributed by atoms with E-state index >= 15 is 0 Å². The summed E-state index contributed by atoms with van der Waals surface area (Å²) in [5.74, 6) is 0.103. The second-order valence-electron chi connectivity index (χ2n) is 4.88. The molecule has 0 saturated heterocycles. The van der Waals surface area contributed by atoms with Crippen molar-refractivity contribution in [1.82, 2.24) is 4.90 Å². The van der Waals surface area contributed by atoms with Crippen molar-refractivity contribution in [2.75, 3.05) is 13.6 Å². The summed E-state index contributed by atoms with van der Waals surface area (Å²) in [6.45, 7) is 5.99. The lowest BCUT2D eigenvalue weighted by Crippen LogP contribution is -2.50. The number of hydrogen-bond acceptors (Lipinski definition) is 3. The Morgan fingerprint density at radius 2 is 2.06 bits per heavy atom. The fraction of sp³-hybridized carbons (Fsp3) is 0.462. The van der Waals surface area contributed by atoms with E-state index in [1.165, 1.54) is 6.07 Å². The van der Waals surface area contributed by atoms with Crippen LogP contribution in [0.15, 0.2) is 18.2 Å². The molecule has 17 heavy (non-hydrogen) atoms. The zero-order chi connectivity index (χ0) is 13.2. The molecule has 0 fully saturated rings. The van der Waals surface area contributed by atoms with Crippen LogP contribution in [0.3, 0.4) is 0 Å². The van der Waals surface area contributed by atoms with Gasteiger partial charge in [-0.3, -0.25) is 4.79 Å². The summed E-state index contributed by atoms with van der Waals surface area (Å²) in [7, 11) is 1.73. The number of phenolic OH excluding ortho intramolecular Hbond substituents is 1. The number of amides is 1. The molecule has 0 unspecified atom stereocenters. The van der Waals surface area contributed by atoms with Crippen LogP contribution in [-0.4, -0.2) is 35.0 Å². The molecule has 0 saturated carbocycles. The number of phenols is 1. The van der Waals surface area contributed by atoms with Crippen LogP contribution >= 0.6 is 0 Å². The van der Waals surface area contributed by atoms with Crippen molar-refractivity contribution < 1.29 is 9.90 Å². The number of nitrogens with two attached hydrogens (primary N) is 1. The Morgan fingerprint density at radius 1 is 1.47 bits per heavy atom. The Kier molecular flexibility index (Phi) is 3.78. The van der Waals surface area contributed by atoms with Gasteiger partial charge in [-0.25, -0.2) is 0 Å². The molecule has 94 valence electrons. The average molecular weight is 236 g/mol.